The molecular formula is C25H30N4O5. The van der Waals surface area contributed by atoms with Gasteiger partial charge in [-0.05, 0) is 48.9 Å². The SMILES string of the molecule is Cc1cc([C@@H]2CC[C@@H](C)CN2C(=O)C(=O)Nc2cncc(C(N)=O)c2)ccc1OC1CCOC1. The van der Waals surface area contributed by atoms with Gasteiger partial charge in [-0.25, -0.2) is 0 Å². The maximum absolute atomic E-state index is 13.2. The first-order valence-corrected chi connectivity index (χ1v) is 11.5. The van der Waals surface area contributed by atoms with E-state index in [4.69, 9.17) is 15.2 Å². The average molecular weight is 467 g/mol. The molecule has 9 heteroatoms. The number of ether oxygens (including phenoxy) is 2. The Bertz CT molecular complexity index is 1080. The zero-order valence-electron chi connectivity index (χ0n) is 19.5. The van der Waals surface area contributed by atoms with Crippen LogP contribution >= 0.6 is 0 Å². The summed E-state index contributed by atoms with van der Waals surface area (Å²) in [5.74, 6) is -0.981. The van der Waals surface area contributed by atoms with E-state index in [0.29, 0.717) is 19.8 Å². The number of carbonyl (C=O) groups excluding carboxylic acids is 3. The van der Waals surface area contributed by atoms with Gasteiger partial charge in [-0.15, -0.1) is 0 Å². The minimum atomic E-state index is -0.777. The van der Waals surface area contributed by atoms with Gasteiger partial charge in [0, 0.05) is 19.2 Å². The summed E-state index contributed by atoms with van der Waals surface area (Å²) in [6, 6.07) is 7.12. The second kappa shape index (κ2) is 10.2. The van der Waals surface area contributed by atoms with E-state index in [2.05, 4.69) is 17.2 Å². The molecule has 0 bridgehead atoms. The fraction of sp³-hybridized carbons (Fsp3) is 0.440. The fourth-order valence-corrected chi connectivity index (χ4v) is 4.48. The maximum Gasteiger partial charge on any atom is 0.313 e. The van der Waals surface area contributed by atoms with Crippen molar-refractivity contribution in [3.8, 4) is 5.75 Å². The summed E-state index contributed by atoms with van der Waals surface area (Å²) < 4.78 is 11.5. The Kier molecular flexibility index (Phi) is 7.12. The molecular weight excluding hydrogens is 436 g/mol. The first-order chi connectivity index (χ1) is 16.3. The number of piperidine rings is 1. The number of benzene rings is 1. The van der Waals surface area contributed by atoms with Gasteiger partial charge in [-0.1, -0.05) is 19.1 Å². The highest BCUT2D eigenvalue weighted by atomic mass is 16.5. The monoisotopic (exact) mass is 466 g/mol. The molecule has 180 valence electrons. The highest BCUT2D eigenvalue weighted by Gasteiger charge is 2.34. The predicted molar refractivity (Wildman–Crippen MR) is 125 cm³/mol. The number of nitrogens with zero attached hydrogens (tertiary/aromatic N) is 2. The highest BCUT2D eigenvalue weighted by molar-refractivity contribution is 6.39. The van der Waals surface area contributed by atoms with Gasteiger partial charge in [0.1, 0.15) is 11.9 Å². The van der Waals surface area contributed by atoms with Crippen molar-refractivity contribution in [2.24, 2.45) is 11.7 Å². The number of carbonyl (C=O) groups is 3. The van der Waals surface area contributed by atoms with Crippen LogP contribution in [0.5, 0.6) is 5.75 Å². The van der Waals surface area contributed by atoms with Crippen molar-refractivity contribution in [1.29, 1.82) is 0 Å². The van der Waals surface area contributed by atoms with Crippen molar-refractivity contribution in [2.45, 2.75) is 45.3 Å². The molecule has 3 amide bonds. The number of hydrogen-bond donors (Lipinski definition) is 2. The number of rotatable bonds is 5. The Hall–Kier alpha value is -3.46. The summed E-state index contributed by atoms with van der Waals surface area (Å²) in [7, 11) is 0. The van der Waals surface area contributed by atoms with Gasteiger partial charge in [0.2, 0.25) is 5.91 Å². The van der Waals surface area contributed by atoms with Crippen LogP contribution < -0.4 is 15.8 Å². The molecule has 2 aliphatic rings. The smallest absolute Gasteiger partial charge is 0.313 e. The predicted octanol–water partition coefficient (Wildman–Crippen LogP) is 2.59. The summed E-state index contributed by atoms with van der Waals surface area (Å²) >= 11 is 0. The van der Waals surface area contributed by atoms with Gasteiger partial charge < -0.3 is 25.4 Å². The largest absolute Gasteiger partial charge is 0.488 e. The molecule has 3 heterocycles. The number of aryl methyl sites for hydroxylation is 1. The molecule has 3 N–H and O–H groups in total. The van der Waals surface area contributed by atoms with E-state index in [1.165, 1.54) is 18.5 Å². The fourth-order valence-electron chi connectivity index (χ4n) is 4.48. The third kappa shape index (κ3) is 5.36. The number of nitrogens with one attached hydrogen (secondary N) is 1. The first kappa shape index (κ1) is 23.7. The molecule has 34 heavy (non-hydrogen) atoms. The second-order valence-corrected chi connectivity index (χ2v) is 9.06. The van der Waals surface area contributed by atoms with E-state index in [9.17, 15) is 14.4 Å². The van der Waals surface area contributed by atoms with Crippen molar-refractivity contribution < 1.29 is 23.9 Å². The van der Waals surface area contributed by atoms with E-state index in [0.717, 1.165) is 36.1 Å². The number of anilines is 1. The van der Waals surface area contributed by atoms with E-state index >= 15 is 0 Å². The molecule has 0 aliphatic carbocycles. The Morgan fingerprint density at radius 2 is 2.00 bits per heavy atom. The first-order valence-electron chi connectivity index (χ1n) is 11.5. The van der Waals surface area contributed by atoms with E-state index in [1.807, 2.05) is 25.1 Å². The Balaban J connectivity index is 1.50. The lowest BCUT2D eigenvalue weighted by atomic mass is 9.89. The van der Waals surface area contributed by atoms with E-state index in [-0.39, 0.29) is 29.3 Å². The Morgan fingerprint density at radius 3 is 2.71 bits per heavy atom. The van der Waals surface area contributed by atoms with Gasteiger partial charge >= 0.3 is 11.8 Å². The van der Waals surface area contributed by atoms with Gasteiger partial charge in [0.15, 0.2) is 0 Å². The lowest BCUT2D eigenvalue weighted by molar-refractivity contribution is -0.146. The van der Waals surface area contributed by atoms with E-state index in [1.54, 1.807) is 4.90 Å². The number of nitrogens with two attached hydrogens (primary N) is 1. The number of amides is 3. The number of aromatic nitrogens is 1. The molecule has 1 aromatic heterocycles. The van der Waals surface area contributed by atoms with Crippen molar-refractivity contribution >= 4 is 23.4 Å². The maximum atomic E-state index is 13.2. The molecule has 3 atom stereocenters. The normalized spacial score (nSPS) is 22.3. The minimum Gasteiger partial charge on any atom is -0.488 e. The lowest BCUT2D eigenvalue weighted by Crippen LogP contribution is -2.46. The van der Waals surface area contributed by atoms with Crippen LogP contribution in [0.25, 0.3) is 0 Å². The van der Waals surface area contributed by atoms with Crippen molar-refractivity contribution in [1.82, 2.24) is 9.88 Å². The summed E-state index contributed by atoms with van der Waals surface area (Å²) in [6.07, 6.45) is 5.32. The summed E-state index contributed by atoms with van der Waals surface area (Å²) in [4.78, 5) is 42.9. The molecule has 4 rings (SSSR count). The number of likely N-dealkylation sites (tertiary alicyclic amines) is 1. The Labute approximate surface area is 198 Å². The third-order valence-electron chi connectivity index (χ3n) is 6.32. The van der Waals surface area contributed by atoms with Crippen LogP contribution in [0.3, 0.4) is 0 Å². The quantitative estimate of drug-likeness (QED) is 0.653. The van der Waals surface area contributed by atoms with Crippen LogP contribution in [0.1, 0.15) is 53.7 Å². The molecule has 0 saturated carbocycles. The number of hydrogen-bond acceptors (Lipinski definition) is 6. The minimum absolute atomic E-state index is 0.0596. The molecule has 2 fully saturated rings. The van der Waals surface area contributed by atoms with Crippen LogP contribution in [-0.4, -0.2) is 53.5 Å². The average Bonchev–Trinajstić information content (AvgIpc) is 3.33. The zero-order valence-corrected chi connectivity index (χ0v) is 19.5. The standard InChI is InChI=1S/C25H30N4O5/c1-15-3-5-21(17-4-6-22(16(2)9-17)34-20-7-8-33-14-20)29(13-15)25(32)24(31)28-19-10-18(23(26)30)11-27-12-19/h4,6,9-12,15,20-21H,3,5,7-8,13-14H2,1-2H3,(H2,26,30)(H,28,31)/t15-,20?,21+/m1/s1. The lowest BCUT2D eigenvalue weighted by Gasteiger charge is -2.38. The van der Waals surface area contributed by atoms with Crippen LogP contribution in [-0.2, 0) is 14.3 Å². The number of pyridine rings is 1. The van der Waals surface area contributed by atoms with Gasteiger partial charge in [-0.3, -0.25) is 19.4 Å². The second-order valence-electron chi connectivity index (χ2n) is 9.06. The van der Waals surface area contributed by atoms with Crippen LogP contribution in [0.2, 0.25) is 0 Å². The van der Waals surface area contributed by atoms with Gasteiger partial charge in [-0.2, -0.15) is 0 Å². The van der Waals surface area contributed by atoms with Crippen LogP contribution in [0, 0.1) is 12.8 Å². The third-order valence-corrected chi connectivity index (χ3v) is 6.32. The molecule has 1 unspecified atom stereocenters. The zero-order chi connectivity index (χ0) is 24.2. The Morgan fingerprint density at radius 1 is 1.18 bits per heavy atom. The summed E-state index contributed by atoms with van der Waals surface area (Å²) in [6.45, 7) is 5.84. The molecule has 0 spiro atoms. The summed E-state index contributed by atoms with van der Waals surface area (Å²) in [5, 5.41) is 2.55. The van der Waals surface area contributed by atoms with Crippen molar-refractivity contribution in [3.63, 3.8) is 0 Å². The van der Waals surface area contributed by atoms with Crippen molar-refractivity contribution in [2.75, 3.05) is 25.1 Å². The molecule has 2 saturated heterocycles. The molecule has 2 aromatic rings. The molecule has 1 aromatic carbocycles. The molecule has 0 radical (unpaired) electrons. The summed E-state index contributed by atoms with van der Waals surface area (Å²) in [5.41, 5.74) is 7.62. The van der Waals surface area contributed by atoms with Crippen LogP contribution in [0.4, 0.5) is 5.69 Å². The van der Waals surface area contributed by atoms with Crippen molar-refractivity contribution in [3.05, 3.63) is 53.3 Å². The van der Waals surface area contributed by atoms with Gasteiger partial charge in [0.05, 0.1) is 36.7 Å². The molecule has 9 nitrogen and oxygen atoms in total. The topological polar surface area (TPSA) is 124 Å². The highest BCUT2D eigenvalue weighted by Crippen LogP contribution is 2.35. The molecule has 2 aliphatic heterocycles. The number of primary amides is 1. The van der Waals surface area contributed by atoms with Crippen LogP contribution in [0.15, 0.2) is 36.7 Å². The van der Waals surface area contributed by atoms with E-state index < -0.39 is 17.7 Å². The van der Waals surface area contributed by atoms with Gasteiger partial charge in [0.25, 0.3) is 0 Å².